The lowest BCUT2D eigenvalue weighted by Crippen LogP contribution is -2.36. The first kappa shape index (κ1) is 18.2. The molecule has 6 nitrogen and oxygen atoms in total. The molecule has 4 rings (SSSR count). The summed E-state index contributed by atoms with van der Waals surface area (Å²) < 4.78 is 28.1. The van der Waals surface area contributed by atoms with Crippen molar-refractivity contribution in [2.24, 2.45) is 0 Å². The highest BCUT2D eigenvalue weighted by molar-refractivity contribution is 7.92. The fourth-order valence-electron chi connectivity index (χ4n) is 3.45. The van der Waals surface area contributed by atoms with Crippen molar-refractivity contribution < 1.29 is 13.2 Å². The molecule has 0 bridgehead atoms. The van der Waals surface area contributed by atoms with Gasteiger partial charge >= 0.3 is 0 Å². The molecule has 3 aromatic rings. The zero-order valence-corrected chi connectivity index (χ0v) is 15.8. The maximum atomic E-state index is 12.9. The third-order valence-electron chi connectivity index (χ3n) is 4.72. The van der Waals surface area contributed by atoms with Gasteiger partial charge in [0.25, 0.3) is 15.9 Å². The summed E-state index contributed by atoms with van der Waals surface area (Å²) in [6, 6.07) is 17.5. The van der Waals surface area contributed by atoms with Crippen LogP contribution in [0.4, 0.5) is 5.69 Å². The van der Waals surface area contributed by atoms with Crippen molar-refractivity contribution in [1.82, 2.24) is 10.3 Å². The zero-order chi connectivity index (χ0) is 19.6. The summed E-state index contributed by atoms with van der Waals surface area (Å²) in [5.74, 6) is -0.398. The van der Waals surface area contributed by atoms with Crippen molar-refractivity contribution in [2.45, 2.75) is 23.8 Å². The second kappa shape index (κ2) is 7.44. The molecule has 1 aliphatic rings. The smallest absolute Gasteiger partial charge is 0.262 e. The van der Waals surface area contributed by atoms with Gasteiger partial charge in [-0.2, -0.15) is 0 Å². The van der Waals surface area contributed by atoms with E-state index in [0.29, 0.717) is 5.69 Å². The largest absolute Gasteiger partial charge is 0.349 e. The standard InChI is InChI=1S/C21H19N3O3S/c25-21(23-18-12-15-6-1-2-7-16(15)13-18)19-9-3-4-10-20(19)28(26,27)24-17-8-5-11-22-14-17/h1-11,14,18,24H,12-13H2,(H,23,25). The number of rotatable bonds is 5. The number of pyridine rings is 1. The number of amides is 1. The fourth-order valence-corrected chi connectivity index (χ4v) is 4.69. The Labute approximate surface area is 163 Å². The number of benzene rings is 2. The molecule has 0 radical (unpaired) electrons. The first-order valence-electron chi connectivity index (χ1n) is 8.92. The van der Waals surface area contributed by atoms with E-state index in [-0.39, 0.29) is 16.5 Å². The summed E-state index contributed by atoms with van der Waals surface area (Å²) in [6.45, 7) is 0. The summed E-state index contributed by atoms with van der Waals surface area (Å²) in [5, 5.41) is 2.97. The van der Waals surface area contributed by atoms with Crippen LogP contribution in [0.3, 0.4) is 0 Å². The minimum Gasteiger partial charge on any atom is -0.349 e. The molecule has 0 atom stereocenters. The van der Waals surface area contributed by atoms with Crippen molar-refractivity contribution in [3.8, 4) is 0 Å². The molecule has 0 spiro atoms. The first-order chi connectivity index (χ1) is 13.5. The Morgan fingerprint density at radius 1 is 0.929 bits per heavy atom. The monoisotopic (exact) mass is 393 g/mol. The highest BCUT2D eigenvalue weighted by Gasteiger charge is 2.26. The Morgan fingerprint density at radius 2 is 1.61 bits per heavy atom. The number of nitrogens with zero attached hydrogens (tertiary/aromatic N) is 1. The molecular weight excluding hydrogens is 374 g/mol. The highest BCUT2D eigenvalue weighted by atomic mass is 32.2. The number of sulfonamides is 1. The van der Waals surface area contributed by atoms with E-state index in [9.17, 15) is 13.2 Å². The Kier molecular flexibility index (Phi) is 4.83. The second-order valence-electron chi connectivity index (χ2n) is 6.69. The van der Waals surface area contributed by atoms with E-state index in [1.165, 1.54) is 29.5 Å². The maximum Gasteiger partial charge on any atom is 0.262 e. The Hall–Kier alpha value is -3.19. The van der Waals surface area contributed by atoms with Gasteiger partial charge in [0.05, 0.1) is 17.4 Å². The highest BCUT2D eigenvalue weighted by Crippen LogP contribution is 2.23. The molecule has 1 amide bonds. The zero-order valence-electron chi connectivity index (χ0n) is 15.0. The number of carbonyl (C=O) groups excluding carboxylic acids is 1. The normalized spacial score (nSPS) is 13.7. The number of anilines is 1. The minimum atomic E-state index is -3.93. The van der Waals surface area contributed by atoms with Crippen LogP contribution in [0.1, 0.15) is 21.5 Å². The van der Waals surface area contributed by atoms with Crippen molar-refractivity contribution >= 4 is 21.6 Å². The van der Waals surface area contributed by atoms with Gasteiger partial charge in [-0.15, -0.1) is 0 Å². The molecule has 0 saturated carbocycles. The van der Waals surface area contributed by atoms with Crippen LogP contribution in [-0.2, 0) is 22.9 Å². The van der Waals surface area contributed by atoms with Gasteiger partial charge in [0, 0.05) is 12.2 Å². The molecule has 7 heteroatoms. The number of nitrogens with one attached hydrogen (secondary N) is 2. The molecule has 0 fully saturated rings. The number of hydrogen-bond acceptors (Lipinski definition) is 4. The van der Waals surface area contributed by atoms with Gasteiger partial charge in [0.1, 0.15) is 4.90 Å². The van der Waals surface area contributed by atoms with Crippen LogP contribution in [0.15, 0.2) is 78.0 Å². The number of hydrogen-bond donors (Lipinski definition) is 2. The van der Waals surface area contributed by atoms with Crippen LogP contribution in [0.25, 0.3) is 0 Å². The predicted octanol–water partition coefficient (Wildman–Crippen LogP) is 2.78. The molecule has 0 saturated heterocycles. The molecule has 2 aromatic carbocycles. The minimum absolute atomic E-state index is 0.0491. The summed E-state index contributed by atoms with van der Waals surface area (Å²) in [6.07, 6.45) is 4.45. The molecule has 142 valence electrons. The van der Waals surface area contributed by atoms with Crippen LogP contribution in [0, 0.1) is 0 Å². The van der Waals surface area contributed by atoms with Gasteiger partial charge in [-0.3, -0.25) is 14.5 Å². The van der Waals surface area contributed by atoms with Crippen molar-refractivity contribution in [3.05, 3.63) is 89.7 Å². The van der Waals surface area contributed by atoms with E-state index >= 15 is 0 Å². The Morgan fingerprint density at radius 3 is 2.29 bits per heavy atom. The van der Waals surface area contributed by atoms with E-state index in [1.54, 1.807) is 30.5 Å². The number of carbonyl (C=O) groups is 1. The molecule has 28 heavy (non-hydrogen) atoms. The van der Waals surface area contributed by atoms with Crippen molar-refractivity contribution in [2.75, 3.05) is 4.72 Å². The lowest BCUT2D eigenvalue weighted by molar-refractivity contribution is 0.0935. The van der Waals surface area contributed by atoms with Gasteiger partial charge in [-0.1, -0.05) is 36.4 Å². The quantitative estimate of drug-likeness (QED) is 0.698. The van der Waals surface area contributed by atoms with Gasteiger partial charge in [0.15, 0.2) is 0 Å². The number of fused-ring (bicyclic) bond motifs is 1. The molecular formula is C21H19N3O3S. The predicted molar refractivity (Wildman–Crippen MR) is 107 cm³/mol. The second-order valence-corrected chi connectivity index (χ2v) is 8.34. The molecule has 2 N–H and O–H groups in total. The van der Waals surface area contributed by atoms with E-state index in [4.69, 9.17) is 0 Å². The van der Waals surface area contributed by atoms with E-state index in [0.717, 1.165) is 12.8 Å². The van der Waals surface area contributed by atoms with Gasteiger partial charge in [0.2, 0.25) is 0 Å². The van der Waals surface area contributed by atoms with Gasteiger partial charge in [-0.05, 0) is 48.2 Å². The lowest BCUT2D eigenvalue weighted by atomic mass is 10.1. The van der Waals surface area contributed by atoms with E-state index < -0.39 is 15.9 Å². The van der Waals surface area contributed by atoms with Crippen molar-refractivity contribution in [3.63, 3.8) is 0 Å². The Bertz CT molecular complexity index is 1090. The SMILES string of the molecule is O=C(NC1Cc2ccccc2C1)c1ccccc1S(=O)(=O)Nc1cccnc1. The van der Waals surface area contributed by atoms with Crippen LogP contribution >= 0.6 is 0 Å². The molecule has 1 aliphatic carbocycles. The van der Waals surface area contributed by atoms with Crippen LogP contribution in [0.5, 0.6) is 0 Å². The molecule has 1 heterocycles. The summed E-state index contributed by atoms with van der Waals surface area (Å²) >= 11 is 0. The fraction of sp³-hybridized carbons (Fsp3) is 0.143. The molecule has 0 unspecified atom stereocenters. The van der Waals surface area contributed by atoms with E-state index in [1.807, 2.05) is 12.1 Å². The van der Waals surface area contributed by atoms with Crippen LogP contribution in [0.2, 0.25) is 0 Å². The first-order valence-corrected chi connectivity index (χ1v) is 10.4. The molecule has 1 aromatic heterocycles. The van der Waals surface area contributed by atoms with E-state index in [2.05, 4.69) is 27.2 Å². The summed E-state index contributed by atoms with van der Waals surface area (Å²) in [7, 11) is -3.93. The van der Waals surface area contributed by atoms with Crippen LogP contribution in [-0.4, -0.2) is 25.4 Å². The lowest BCUT2D eigenvalue weighted by Gasteiger charge is -2.15. The average molecular weight is 393 g/mol. The summed E-state index contributed by atoms with van der Waals surface area (Å²) in [5.41, 5.74) is 2.89. The average Bonchev–Trinajstić information content (AvgIpc) is 3.10. The number of aromatic nitrogens is 1. The van der Waals surface area contributed by atoms with Crippen molar-refractivity contribution in [1.29, 1.82) is 0 Å². The third kappa shape index (κ3) is 3.75. The molecule has 0 aliphatic heterocycles. The van der Waals surface area contributed by atoms with Gasteiger partial charge < -0.3 is 5.32 Å². The topological polar surface area (TPSA) is 88.2 Å². The van der Waals surface area contributed by atoms with Crippen LogP contribution < -0.4 is 10.0 Å². The maximum absolute atomic E-state index is 12.9. The third-order valence-corrected chi connectivity index (χ3v) is 6.16. The van der Waals surface area contributed by atoms with Gasteiger partial charge in [-0.25, -0.2) is 8.42 Å². The summed E-state index contributed by atoms with van der Waals surface area (Å²) in [4.78, 5) is 16.7. The Balaban J connectivity index is 1.55.